The summed E-state index contributed by atoms with van der Waals surface area (Å²) >= 11 is 12.9. The number of hydrogen-bond acceptors (Lipinski definition) is 1. The van der Waals surface area contributed by atoms with Gasteiger partial charge < -0.3 is 5.32 Å². The second-order valence-corrected chi connectivity index (χ2v) is 9.38. The molecular formula is C19H23Cl2NO. The van der Waals surface area contributed by atoms with E-state index >= 15 is 0 Å². The molecule has 0 radical (unpaired) electrons. The van der Waals surface area contributed by atoms with Crippen molar-refractivity contribution in [1.29, 1.82) is 0 Å². The molecular weight excluding hydrogens is 329 g/mol. The van der Waals surface area contributed by atoms with Crippen molar-refractivity contribution in [1.82, 2.24) is 5.32 Å². The summed E-state index contributed by atoms with van der Waals surface area (Å²) in [6, 6.07) is 7.70. The lowest BCUT2D eigenvalue weighted by atomic mass is 9.49. The third-order valence-corrected chi connectivity index (χ3v) is 6.84. The number of alkyl halides is 1. The smallest absolute Gasteiger partial charge is 0.226 e. The third kappa shape index (κ3) is 2.78. The molecule has 0 unspecified atom stereocenters. The van der Waals surface area contributed by atoms with Crippen molar-refractivity contribution in [3.05, 3.63) is 34.9 Å². The zero-order valence-corrected chi connectivity index (χ0v) is 15.0. The summed E-state index contributed by atoms with van der Waals surface area (Å²) in [6.07, 6.45) is 6.36. The van der Waals surface area contributed by atoms with Gasteiger partial charge in [0.15, 0.2) is 0 Å². The van der Waals surface area contributed by atoms with Gasteiger partial charge in [-0.25, -0.2) is 0 Å². The van der Waals surface area contributed by atoms with Crippen LogP contribution in [0, 0.1) is 17.3 Å². The summed E-state index contributed by atoms with van der Waals surface area (Å²) in [4.78, 5) is 13.0. The number of amides is 1. The SMILES string of the molecule is C[C@@H](NC(=O)C12C[C@H]3C[C@@H](CC(Cl)(C3)C1)C2)c1cccc(Cl)c1. The Labute approximate surface area is 147 Å². The van der Waals surface area contributed by atoms with Crippen molar-refractivity contribution >= 4 is 29.1 Å². The lowest BCUT2D eigenvalue weighted by Gasteiger charge is -2.59. The van der Waals surface area contributed by atoms with Crippen LogP contribution in [-0.4, -0.2) is 10.8 Å². The second-order valence-electron chi connectivity index (χ2n) is 8.14. The van der Waals surface area contributed by atoms with E-state index in [1.54, 1.807) is 0 Å². The molecule has 3 atom stereocenters. The molecule has 0 heterocycles. The molecule has 1 N–H and O–H groups in total. The topological polar surface area (TPSA) is 29.1 Å². The van der Waals surface area contributed by atoms with E-state index in [-0.39, 0.29) is 22.2 Å². The standard InChI is InChI=1S/C19H23Cl2NO/c1-12(15-3-2-4-16(20)6-15)22-17(23)18-7-13-5-14(8-18)10-19(21,9-13)11-18/h2-4,6,12-14H,5,7-11H2,1H3,(H,22,23)/t12-,13-,14-,18?,19?/m1/s1. The van der Waals surface area contributed by atoms with E-state index in [4.69, 9.17) is 23.2 Å². The Morgan fingerprint density at radius 1 is 1.26 bits per heavy atom. The molecule has 5 rings (SSSR count). The largest absolute Gasteiger partial charge is 0.349 e. The Balaban J connectivity index is 1.53. The molecule has 4 saturated carbocycles. The molecule has 1 amide bonds. The number of carbonyl (C=O) groups is 1. The minimum absolute atomic E-state index is 0.0273. The van der Waals surface area contributed by atoms with Crippen molar-refractivity contribution in [2.45, 2.75) is 56.4 Å². The number of hydrogen-bond donors (Lipinski definition) is 1. The zero-order valence-electron chi connectivity index (χ0n) is 13.4. The van der Waals surface area contributed by atoms with Crippen molar-refractivity contribution in [3.63, 3.8) is 0 Å². The van der Waals surface area contributed by atoms with Crippen LogP contribution in [0.15, 0.2) is 24.3 Å². The maximum atomic E-state index is 13.1. The predicted molar refractivity (Wildman–Crippen MR) is 93.7 cm³/mol. The van der Waals surface area contributed by atoms with E-state index in [1.165, 1.54) is 6.42 Å². The van der Waals surface area contributed by atoms with Gasteiger partial charge in [0.05, 0.1) is 11.5 Å². The minimum atomic E-state index is -0.237. The third-order valence-electron chi connectivity index (χ3n) is 6.17. The molecule has 0 saturated heterocycles. The summed E-state index contributed by atoms with van der Waals surface area (Å²) in [5.41, 5.74) is 0.815. The van der Waals surface area contributed by atoms with Crippen LogP contribution in [0.1, 0.15) is 57.1 Å². The number of rotatable bonds is 3. The van der Waals surface area contributed by atoms with Crippen LogP contribution in [0.3, 0.4) is 0 Å². The van der Waals surface area contributed by atoms with Crippen LogP contribution in [-0.2, 0) is 4.79 Å². The molecule has 4 heteroatoms. The highest BCUT2D eigenvalue weighted by molar-refractivity contribution is 6.30. The molecule has 2 nitrogen and oxygen atoms in total. The van der Waals surface area contributed by atoms with E-state index in [1.807, 2.05) is 31.2 Å². The molecule has 4 aliphatic carbocycles. The van der Waals surface area contributed by atoms with E-state index in [9.17, 15) is 4.79 Å². The lowest BCUT2D eigenvalue weighted by Crippen LogP contribution is -2.58. The first-order valence-electron chi connectivity index (χ1n) is 8.63. The highest BCUT2D eigenvalue weighted by Gasteiger charge is 2.60. The average Bonchev–Trinajstić information content (AvgIpc) is 2.44. The van der Waals surface area contributed by atoms with E-state index in [0.717, 1.165) is 37.7 Å². The summed E-state index contributed by atoms with van der Waals surface area (Å²) in [5, 5.41) is 3.95. The zero-order chi connectivity index (χ0) is 16.2. The maximum absolute atomic E-state index is 13.1. The molecule has 1 aromatic carbocycles. The molecule has 124 valence electrons. The van der Waals surface area contributed by atoms with Crippen molar-refractivity contribution < 1.29 is 4.79 Å². The molecule has 1 aromatic rings. The Morgan fingerprint density at radius 3 is 2.57 bits per heavy atom. The first-order chi connectivity index (χ1) is 10.9. The number of benzene rings is 1. The van der Waals surface area contributed by atoms with Crippen LogP contribution in [0.2, 0.25) is 5.02 Å². The number of halogens is 2. The van der Waals surface area contributed by atoms with Crippen molar-refractivity contribution in [2.75, 3.05) is 0 Å². The minimum Gasteiger partial charge on any atom is -0.349 e. The molecule has 0 aromatic heterocycles. The Hall–Kier alpha value is -0.730. The Morgan fingerprint density at radius 2 is 1.96 bits per heavy atom. The molecule has 4 fully saturated rings. The van der Waals surface area contributed by atoms with Gasteiger partial charge in [0, 0.05) is 9.90 Å². The monoisotopic (exact) mass is 351 g/mol. The number of nitrogens with one attached hydrogen (secondary N) is 1. The fraction of sp³-hybridized carbons (Fsp3) is 0.632. The summed E-state index contributed by atoms with van der Waals surface area (Å²) < 4.78 is 0. The molecule has 4 aliphatic rings. The lowest BCUT2D eigenvalue weighted by molar-refractivity contribution is -0.145. The first kappa shape index (κ1) is 15.8. The normalized spacial score (nSPS) is 39.3. The maximum Gasteiger partial charge on any atom is 0.226 e. The summed E-state index contributed by atoms with van der Waals surface area (Å²) in [6.45, 7) is 2.03. The van der Waals surface area contributed by atoms with Gasteiger partial charge in [0.2, 0.25) is 5.91 Å². The van der Waals surface area contributed by atoms with Crippen LogP contribution >= 0.6 is 23.2 Å². The van der Waals surface area contributed by atoms with Gasteiger partial charge in [-0.05, 0) is 75.0 Å². The Bertz CT molecular complexity index is 630. The van der Waals surface area contributed by atoms with Gasteiger partial charge in [0.1, 0.15) is 0 Å². The van der Waals surface area contributed by atoms with E-state index < -0.39 is 0 Å². The van der Waals surface area contributed by atoms with Gasteiger partial charge in [-0.3, -0.25) is 4.79 Å². The quantitative estimate of drug-likeness (QED) is 0.754. The van der Waals surface area contributed by atoms with Gasteiger partial charge >= 0.3 is 0 Å². The van der Waals surface area contributed by atoms with Crippen LogP contribution in [0.25, 0.3) is 0 Å². The highest BCUT2D eigenvalue weighted by Crippen LogP contribution is 2.63. The highest BCUT2D eigenvalue weighted by atomic mass is 35.5. The molecule has 4 bridgehead atoms. The van der Waals surface area contributed by atoms with Crippen molar-refractivity contribution in [3.8, 4) is 0 Å². The molecule has 0 spiro atoms. The molecule has 0 aliphatic heterocycles. The molecule has 23 heavy (non-hydrogen) atoms. The van der Waals surface area contributed by atoms with Gasteiger partial charge in [0.25, 0.3) is 0 Å². The summed E-state index contributed by atoms with van der Waals surface area (Å²) in [7, 11) is 0. The van der Waals surface area contributed by atoms with E-state index in [0.29, 0.717) is 16.9 Å². The fourth-order valence-corrected chi connectivity index (χ4v) is 6.52. The van der Waals surface area contributed by atoms with Crippen LogP contribution in [0.4, 0.5) is 0 Å². The first-order valence-corrected chi connectivity index (χ1v) is 9.38. The summed E-state index contributed by atoms with van der Waals surface area (Å²) in [5.74, 6) is 1.48. The number of carbonyl (C=O) groups excluding carboxylic acids is 1. The second kappa shape index (κ2) is 5.39. The fourth-order valence-electron chi connectivity index (χ4n) is 5.63. The van der Waals surface area contributed by atoms with Crippen LogP contribution < -0.4 is 5.32 Å². The van der Waals surface area contributed by atoms with Gasteiger partial charge in [-0.15, -0.1) is 11.6 Å². The van der Waals surface area contributed by atoms with Crippen LogP contribution in [0.5, 0.6) is 0 Å². The van der Waals surface area contributed by atoms with Crippen molar-refractivity contribution in [2.24, 2.45) is 17.3 Å². The average molecular weight is 352 g/mol. The van der Waals surface area contributed by atoms with Gasteiger partial charge in [-0.2, -0.15) is 0 Å². The van der Waals surface area contributed by atoms with Gasteiger partial charge in [-0.1, -0.05) is 23.7 Å². The predicted octanol–water partition coefficient (Wildman–Crippen LogP) is 5.10. The van der Waals surface area contributed by atoms with E-state index in [2.05, 4.69) is 5.32 Å². The Kier molecular flexibility index (Phi) is 3.70.